The zero-order chi connectivity index (χ0) is 13.7. The van der Waals surface area contributed by atoms with Crippen LogP contribution in [0.5, 0.6) is 0 Å². The number of carbonyl (C=O) groups is 1. The molecule has 3 unspecified atom stereocenters. The Kier molecular flexibility index (Phi) is 2.65. The molecule has 2 aliphatic carbocycles. The summed E-state index contributed by atoms with van der Waals surface area (Å²) in [6.45, 7) is 2.78. The lowest BCUT2D eigenvalue weighted by atomic mass is 9.95. The second-order valence-electron chi connectivity index (χ2n) is 6.21. The summed E-state index contributed by atoms with van der Waals surface area (Å²) in [6, 6.07) is 4.23. The maximum atomic E-state index is 12.6. The fourth-order valence-electron chi connectivity index (χ4n) is 4.14. The van der Waals surface area contributed by atoms with Gasteiger partial charge in [0.05, 0.1) is 6.26 Å². The molecule has 1 amide bonds. The molecule has 0 spiro atoms. The number of carbonyl (C=O) groups excluding carboxylic acids is 1. The van der Waals surface area contributed by atoms with Gasteiger partial charge in [0, 0.05) is 18.0 Å². The van der Waals surface area contributed by atoms with Gasteiger partial charge in [0.25, 0.3) is 5.91 Å². The normalized spacial score (nSPS) is 28.4. The van der Waals surface area contributed by atoms with E-state index in [1.54, 1.807) is 6.26 Å². The van der Waals surface area contributed by atoms with Crippen LogP contribution in [-0.4, -0.2) is 16.5 Å². The predicted molar refractivity (Wildman–Crippen MR) is 76.6 cm³/mol. The molecule has 0 aliphatic heterocycles. The lowest BCUT2D eigenvalue weighted by Gasteiger charge is -2.23. The number of fused-ring (bicyclic) bond motifs is 3. The van der Waals surface area contributed by atoms with Gasteiger partial charge in [-0.15, -0.1) is 0 Å². The van der Waals surface area contributed by atoms with Crippen LogP contribution in [0, 0.1) is 11.8 Å². The van der Waals surface area contributed by atoms with Crippen LogP contribution in [0.2, 0.25) is 0 Å². The third-order valence-electron chi connectivity index (χ3n) is 5.11. The molecular formula is C16H20N2O2. The quantitative estimate of drug-likeness (QED) is 0.933. The molecule has 106 valence electrons. The van der Waals surface area contributed by atoms with Crippen molar-refractivity contribution in [3.63, 3.8) is 0 Å². The van der Waals surface area contributed by atoms with Crippen LogP contribution in [0.4, 0.5) is 0 Å². The molecule has 4 nitrogen and oxygen atoms in total. The summed E-state index contributed by atoms with van der Waals surface area (Å²) in [6.07, 6.45) is 6.79. The predicted octanol–water partition coefficient (Wildman–Crippen LogP) is 3.17. The first-order valence-corrected chi connectivity index (χ1v) is 7.64. The summed E-state index contributed by atoms with van der Waals surface area (Å²) in [5.41, 5.74) is 1.52. The third-order valence-corrected chi connectivity index (χ3v) is 5.11. The number of rotatable bonds is 3. The number of hydrogen-bond acceptors (Lipinski definition) is 2. The fourth-order valence-corrected chi connectivity index (χ4v) is 4.14. The molecule has 2 aromatic rings. The van der Waals surface area contributed by atoms with Gasteiger partial charge < -0.3 is 14.3 Å². The first-order chi connectivity index (χ1) is 9.76. The maximum absolute atomic E-state index is 12.6. The number of amides is 1. The van der Waals surface area contributed by atoms with Crippen molar-refractivity contribution in [2.24, 2.45) is 11.8 Å². The lowest BCUT2D eigenvalue weighted by Crippen LogP contribution is -2.39. The zero-order valence-electron chi connectivity index (χ0n) is 11.8. The maximum Gasteiger partial charge on any atom is 0.268 e. The van der Waals surface area contributed by atoms with Crippen molar-refractivity contribution in [3.05, 3.63) is 24.1 Å². The Morgan fingerprint density at radius 1 is 1.45 bits per heavy atom. The van der Waals surface area contributed by atoms with E-state index in [9.17, 15) is 4.79 Å². The van der Waals surface area contributed by atoms with Crippen LogP contribution in [0.15, 0.2) is 22.8 Å². The van der Waals surface area contributed by atoms with Crippen LogP contribution in [-0.2, 0) is 6.54 Å². The highest BCUT2D eigenvalue weighted by molar-refractivity contribution is 5.97. The van der Waals surface area contributed by atoms with Gasteiger partial charge in [-0.3, -0.25) is 4.79 Å². The largest absolute Gasteiger partial charge is 0.448 e. The van der Waals surface area contributed by atoms with Gasteiger partial charge in [0.2, 0.25) is 5.71 Å². The number of aryl methyl sites for hydroxylation is 1. The standard InChI is InChI=1S/C16H20N2O2/c1-2-18-14(9-12-5-6-20-16(12)18)15(19)17-13-8-10-3-4-11(13)7-10/h5-6,9-11,13H,2-4,7-8H2,1H3,(H,17,19). The van der Waals surface area contributed by atoms with Crippen molar-refractivity contribution in [2.45, 2.75) is 45.2 Å². The van der Waals surface area contributed by atoms with Gasteiger partial charge in [-0.2, -0.15) is 0 Å². The van der Waals surface area contributed by atoms with Crippen molar-refractivity contribution >= 4 is 17.0 Å². The molecule has 2 aromatic heterocycles. The number of nitrogens with one attached hydrogen (secondary N) is 1. The summed E-state index contributed by atoms with van der Waals surface area (Å²) in [7, 11) is 0. The molecule has 4 heteroatoms. The molecule has 20 heavy (non-hydrogen) atoms. The average Bonchev–Trinajstić information content (AvgIpc) is 3.17. The van der Waals surface area contributed by atoms with E-state index in [0.29, 0.717) is 12.0 Å². The molecule has 4 rings (SSSR count). The van der Waals surface area contributed by atoms with E-state index in [-0.39, 0.29) is 5.91 Å². The fraction of sp³-hybridized carbons (Fsp3) is 0.562. The van der Waals surface area contributed by atoms with Gasteiger partial charge in [-0.05, 0) is 50.2 Å². The number of nitrogens with zero attached hydrogens (tertiary/aromatic N) is 1. The molecule has 0 radical (unpaired) electrons. The number of aromatic nitrogens is 1. The Hall–Kier alpha value is -1.71. The smallest absolute Gasteiger partial charge is 0.268 e. The van der Waals surface area contributed by atoms with E-state index in [4.69, 9.17) is 4.42 Å². The highest BCUT2D eigenvalue weighted by Gasteiger charge is 2.40. The van der Waals surface area contributed by atoms with E-state index in [0.717, 1.165) is 29.3 Å². The molecule has 1 N–H and O–H groups in total. The molecule has 2 bridgehead atoms. The second kappa shape index (κ2) is 4.40. The first kappa shape index (κ1) is 12.1. The Morgan fingerprint density at radius 3 is 3.05 bits per heavy atom. The Morgan fingerprint density at radius 2 is 2.35 bits per heavy atom. The molecule has 0 aromatic carbocycles. The van der Waals surface area contributed by atoms with Crippen molar-refractivity contribution < 1.29 is 9.21 Å². The van der Waals surface area contributed by atoms with Crippen LogP contribution >= 0.6 is 0 Å². The molecule has 2 heterocycles. The SMILES string of the molecule is CCn1c(C(=O)NC2CC3CCC2C3)cc2ccoc21. The van der Waals surface area contributed by atoms with Crippen LogP contribution in [0.25, 0.3) is 11.1 Å². The van der Waals surface area contributed by atoms with Crippen molar-refractivity contribution in [2.75, 3.05) is 0 Å². The monoisotopic (exact) mass is 272 g/mol. The van der Waals surface area contributed by atoms with Crippen molar-refractivity contribution in [1.29, 1.82) is 0 Å². The Bertz CT molecular complexity index is 655. The first-order valence-electron chi connectivity index (χ1n) is 7.64. The Balaban J connectivity index is 1.59. The molecule has 0 saturated heterocycles. The molecule has 2 fully saturated rings. The summed E-state index contributed by atoms with van der Waals surface area (Å²) in [4.78, 5) is 12.6. The van der Waals surface area contributed by atoms with Gasteiger partial charge in [0.1, 0.15) is 5.69 Å². The molecule has 2 aliphatic rings. The average molecular weight is 272 g/mol. The van der Waals surface area contributed by atoms with E-state index in [2.05, 4.69) is 5.32 Å². The summed E-state index contributed by atoms with van der Waals surface area (Å²) in [5.74, 6) is 1.60. The highest BCUT2D eigenvalue weighted by Crippen LogP contribution is 2.44. The summed E-state index contributed by atoms with van der Waals surface area (Å²) in [5, 5.41) is 4.26. The van der Waals surface area contributed by atoms with Crippen LogP contribution in [0.3, 0.4) is 0 Å². The van der Waals surface area contributed by atoms with E-state index >= 15 is 0 Å². The summed E-state index contributed by atoms with van der Waals surface area (Å²) < 4.78 is 7.43. The third kappa shape index (κ3) is 1.70. The van der Waals surface area contributed by atoms with Crippen LogP contribution in [0.1, 0.15) is 43.1 Å². The minimum atomic E-state index is 0.0517. The van der Waals surface area contributed by atoms with Gasteiger partial charge >= 0.3 is 0 Å². The van der Waals surface area contributed by atoms with Gasteiger partial charge in [-0.1, -0.05) is 6.42 Å². The minimum Gasteiger partial charge on any atom is -0.448 e. The van der Waals surface area contributed by atoms with E-state index in [1.807, 2.05) is 23.6 Å². The second-order valence-corrected chi connectivity index (χ2v) is 6.21. The van der Waals surface area contributed by atoms with Crippen molar-refractivity contribution in [1.82, 2.24) is 9.88 Å². The topological polar surface area (TPSA) is 47.2 Å². The Labute approximate surface area is 118 Å². The van der Waals surface area contributed by atoms with E-state index in [1.165, 1.54) is 25.7 Å². The molecule has 3 atom stereocenters. The van der Waals surface area contributed by atoms with Crippen molar-refractivity contribution in [3.8, 4) is 0 Å². The lowest BCUT2D eigenvalue weighted by molar-refractivity contribution is 0.0913. The van der Waals surface area contributed by atoms with E-state index < -0.39 is 0 Å². The minimum absolute atomic E-state index is 0.0517. The number of hydrogen-bond donors (Lipinski definition) is 1. The molecular weight excluding hydrogens is 252 g/mol. The number of furan rings is 1. The van der Waals surface area contributed by atoms with Gasteiger partial charge in [-0.25, -0.2) is 0 Å². The zero-order valence-corrected chi connectivity index (χ0v) is 11.8. The summed E-state index contributed by atoms with van der Waals surface area (Å²) >= 11 is 0. The molecule has 2 saturated carbocycles. The van der Waals surface area contributed by atoms with Gasteiger partial charge in [0.15, 0.2) is 0 Å². The van der Waals surface area contributed by atoms with Crippen LogP contribution < -0.4 is 5.32 Å². The highest BCUT2D eigenvalue weighted by atomic mass is 16.3.